The molecule has 1 aliphatic heterocycles. The number of carbonyl (C=O) groups excluding carboxylic acids is 1. The van der Waals surface area contributed by atoms with E-state index in [2.05, 4.69) is 5.32 Å². The van der Waals surface area contributed by atoms with Crippen molar-refractivity contribution in [3.63, 3.8) is 0 Å². The predicted octanol–water partition coefficient (Wildman–Crippen LogP) is 3.15. The fraction of sp³-hybridized carbons (Fsp3) is 0.500. The molecule has 0 saturated carbocycles. The maximum atomic E-state index is 12.7. The van der Waals surface area contributed by atoms with E-state index in [0.29, 0.717) is 26.2 Å². The summed E-state index contributed by atoms with van der Waals surface area (Å²) in [6.45, 7) is 5.55. The third-order valence-electron chi connectivity index (χ3n) is 4.21. The molecule has 1 N–H and O–H groups in total. The Balaban J connectivity index is 1.64. The summed E-state index contributed by atoms with van der Waals surface area (Å²) in [7, 11) is 0. The summed E-state index contributed by atoms with van der Waals surface area (Å²) in [6.07, 6.45) is 3.14. The molecule has 130 valence electrons. The van der Waals surface area contributed by atoms with Crippen molar-refractivity contribution in [1.82, 2.24) is 10.2 Å². The van der Waals surface area contributed by atoms with E-state index in [1.807, 2.05) is 38.1 Å². The molecule has 0 spiro atoms. The van der Waals surface area contributed by atoms with Gasteiger partial charge in [0.1, 0.15) is 23.3 Å². The molecule has 0 aliphatic carbocycles. The summed E-state index contributed by atoms with van der Waals surface area (Å²) < 4.78 is 16.7. The first kappa shape index (κ1) is 16.6. The van der Waals surface area contributed by atoms with Crippen LogP contribution < -0.4 is 5.32 Å². The second-order valence-electron chi connectivity index (χ2n) is 6.08. The van der Waals surface area contributed by atoms with Crippen molar-refractivity contribution in [2.45, 2.75) is 38.8 Å². The molecule has 3 heterocycles. The fourth-order valence-corrected chi connectivity index (χ4v) is 2.92. The van der Waals surface area contributed by atoms with Crippen LogP contribution in [0.4, 0.5) is 4.79 Å². The zero-order chi connectivity index (χ0) is 16.9. The van der Waals surface area contributed by atoms with Crippen molar-refractivity contribution in [2.24, 2.45) is 0 Å². The highest BCUT2D eigenvalue weighted by molar-refractivity contribution is 5.75. The highest BCUT2D eigenvalue weighted by atomic mass is 16.5. The molecule has 0 unspecified atom stereocenters. The number of hydrogen-bond donors (Lipinski definition) is 1. The first-order valence-corrected chi connectivity index (χ1v) is 8.43. The van der Waals surface area contributed by atoms with Gasteiger partial charge in [0.15, 0.2) is 0 Å². The number of urea groups is 1. The van der Waals surface area contributed by atoms with Gasteiger partial charge in [-0.1, -0.05) is 6.92 Å². The van der Waals surface area contributed by atoms with Crippen LogP contribution in [0.25, 0.3) is 0 Å². The fourth-order valence-electron chi connectivity index (χ4n) is 2.92. The molecule has 0 radical (unpaired) electrons. The molecule has 24 heavy (non-hydrogen) atoms. The largest absolute Gasteiger partial charge is 0.469 e. The van der Waals surface area contributed by atoms with Crippen LogP contribution >= 0.6 is 0 Å². The van der Waals surface area contributed by atoms with Gasteiger partial charge in [-0.05, 0) is 31.2 Å². The van der Waals surface area contributed by atoms with E-state index in [1.165, 1.54) is 0 Å². The first-order chi connectivity index (χ1) is 11.7. The van der Waals surface area contributed by atoms with Crippen LogP contribution in [0, 0.1) is 0 Å². The molecule has 2 aromatic rings. The maximum Gasteiger partial charge on any atom is 0.318 e. The SMILES string of the molecule is CCc1ccc([C@H]2COCCN2C(=O)N[C@@H](C)Cc2ccco2)o1. The van der Waals surface area contributed by atoms with E-state index in [-0.39, 0.29) is 18.1 Å². The molecule has 1 aliphatic rings. The van der Waals surface area contributed by atoms with E-state index in [4.69, 9.17) is 13.6 Å². The van der Waals surface area contributed by atoms with E-state index in [1.54, 1.807) is 11.2 Å². The molecule has 2 amide bonds. The lowest BCUT2D eigenvalue weighted by Crippen LogP contribution is -2.50. The Kier molecular flexibility index (Phi) is 5.25. The topological polar surface area (TPSA) is 67.8 Å². The molecule has 2 atom stereocenters. The summed E-state index contributed by atoms with van der Waals surface area (Å²) >= 11 is 0. The molecule has 1 fully saturated rings. The minimum Gasteiger partial charge on any atom is -0.469 e. The van der Waals surface area contributed by atoms with Gasteiger partial charge in [-0.25, -0.2) is 4.79 Å². The van der Waals surface area contributed by atoms with Crippen molar-refractivity contribution in [1.29, 1.82) is 0 Å². The van der Waals surface area contributed by atoms with Crippen molar-refractivity contribution in [3.05, 3.63) is 47.8 Å². The Morgan fingerprint density at radius 3 is 2.96 bits per heavy atom. The highest BCUT2D eigenvalue weighted by Gasteiger charge is 2.31. The van der Waals surface area contributed by atoms with Gasteiger partial charge in [-0.15, -0.1) is 0 Å². The zero-order valence-corrected chi connectivity index (χ0v) is 14.2. The normalized spacial score (nSPS) is 19.2. The van der Waals surface area contributed by atoms with Crippen LogP contribution in [0.5, 0.6) is 0 Å². The lowest BCUT2D eigenvalue weighted by Gasteiger charge is -2.35. The van der Waals surface area contributed by atoms with Crippen LogP contribution in [-0.4, -0.2) is 36.7 Å². The molecule has 6 nitrogen and oxygen atoms in total. The van der Waals surface area contributed by atoms with Crippen LogP contribution in [0.3, 0.4) is 0 Å². The minimum absolute atomic E-state index is 0.0186. The van der Waals surface area contributed by atoms with Gasteiger partial charge in [0.25, 0.3) is 0 Å². The number of nitrogens with one attached hydrogen (secondary N) is 1. The molecule has 0 aromatic carbocycles. The monoisotopic (exact) mass is 332 g/mol. The molecular weight excluding hydrogens is 308 g/mol. The standard InChI is InChI=1S/C18H24N2O4/c1-3-14-6-7-17(24-14)16-12-22-10-8-20(16)18(21)19-13(2)11-15-5-4-9-23-15/h4-7,9,13,16H,3,8,10-12H2,1-2H3,(H,19,21)/t13-,16+/m0/s1. The smallest absolute Gasteiger partial charge is 0.318 e. The van der Waals surface area contributed by atoms with E-state index >= 15 is 0 Å². The van der Waals surface area contributed by atoms with Crippen molar-refractivity contribution in [2.75, 3.05) is 19.8 Å². The van der Waals surface area contributed by atoms with Crippen molar-refractivity contribution in [3.8, 4) is 0 Å². The number of carbonyl (C=O) groups is 1. The van der Waals surface area contributed by atoms with Gasteiger partial charge in [0.05, 0.1) is 19.5 Å². The number of ether oxygens (including phenoxy) is 1. The number of morpholine rings is 1. The maximum absolute atomic E-state index is 12.7. The second-order valence-corrected chi connectivity index (χ2v) is 6.08. The van der Waals surface area contributed by atoms with Crippen molar-refractivity contribution >= 4 is 6.03 Å². The molecule has 6 heteroatoms. The molecule has 1 saturated heterocycles. The van der Waals surface area contributed by atoms with Crippen LogP contribution in [0.1, 0.15) is 37.2 Å². The highest BCUT2D eigenvalue weighted by Crippen LogP contribution is 2.26. The summed E-state index contributed by atoms with van der Waals surface area (Å²) in [4.78, 5) is 14.5. The molecule has 0 bridgehead atoms. The Bertz CT molecular complexity index is 650. The second kappa shape index (κ2) is 7.57. The Hall–Kier alpha value is -2.21. The zero-order valence-electron chi connectivity index (χ0n) is 14.2. The number of amides is 2. The lowest BCUT2D eigenvalue weighted by molar-refractivity contribution is 0.00349. The summed E-state index contributed by atoms with van der Waals surface area (Å²) in [5.74, 6) is 2.56. The number of hydrogen-bond acceptors (Lipinski definition) is 4. The summed E-state index contributed by atoms with van der Waals surface area (Å²) in [5.41, 5.74) is 0. The summed E-state index contributed by atoms with van der Waals surface area (Å²) in [6, 6.07) is 7.35. The summed E-state index contributed by atoms with van der Waals surface area (Å²) in [5, 5.41) is 3.04. The number of furan rings is 2. The average Bonchev–Trinajstić information content (AvgIpc) is 3.26. The first-order valence-electron chi connectivity index (χ1n) is 8.43. The van der Waals surface area contributed by atoms with Crippen LogP contribution in [-0.2, 0) is 17.6 Å². The van der Waals surface area contributed by atoms with E-state index < -0.39 is 0 Å². The van der Waals surface area contributed by atoms with Crippen LogP contribution in [0.15, 0.2) is 39.4 Å². The lowest BCUT2D eigenvalue weighted by atomic mass is 10.1. The van der Waals surface area contributed by atoms with Gasteiger partial charge >= 0.3 is 6.03 Å². The Morgan fingerprint density at radius 1 is 1.38 bits per heavy atom. The van der Waals surface area contributed by atoms with Crippen molar-refractivity contribution < 1.29 is 18.4 Å². The molecule has 3 rings (SSSR count). The van der Waals surface area contributed by atoms with Gasteiger partial charge in [-0.2, -0.15) is 0 Å². The average molecular weight is 332 g/mol. The number of rotatable bonds is 5. The number of aryl methyl sites for hydroxylation is 1. The van der Waals surface area contributed by atoms with E-state index in [0.717, 1.165) is 23.7 Å². The van der Waals surface area contributed by atoms with Gasteiger partial charge in [0.2, 0.25) is 0 Å². The van der Waals surface area contributed by atoms with Gasteiger partial charge in [0, 0.05) is 25.4 Å². The predicted molar refractivity (Wildman–Crippen MR) is 88.8 cm³/mol. The van der Waals surface area contributed by atoms with Crippen LogP contribution in [0.2, 0.25) is 0 Å². The van der Waals surface area contributed by atoms with E-state index in [9.17, 15) is 4.79 Å². The third-order valence-corrected chi connectivity index (χ3v) is 4.21. The minimum atomic E-state index is -0.185. The number of nitrogens with zero attached hydrogens (tertiary/aromatic N) is 1. The van der Waals surface area contributed by atoms with Gasteiger partial charge in [-0.3, -0.25) is 0 Å². The van der Waals surface area contributed by atoms with Gasteiger partial charge < -0.3 is 23.8 Å². The molecular formula is C18H24N2O4. The Morgan fingerprint density at radius 2 is 2.25 bits per heavy atom. The molecule has 2 aromatic heterocycles. The third kappa shape index (κ3) is 3.82. The Labute approximate surface area is 141 Å². The quantitative estimate of drug-likeness (QED) is 0.913.